The predicted molar refractivity (Wildman–Crippen MR) is 135 cm³/mol. The van der Waals surface area contributed by atoms with Crippen LogP contribution in [-0.4, -0.2) is 15.5 Å². The minimum absolute atomic E-state index is 0.00696. The Balaban J connectivity index is 1.50. The van der Waals surface area contributed by atoms with Crippen LogP contribution < -0.4 is 10.9 Å². The molecule has 2 atom stereocenters. The van der Waals surface area contributed by atoms with Crippen LogP contribution in [0.2, 0.25) is 0 Å². The number of aromatic nitrogens is 2. The summed E-state index contributed by atoms with van der Waals surface area (Å²) in [6, 6.07) is 13.5. The van der Waals surface area contributed by atoms with Crippen LogP contribution in [0.5, 0.6) is 0 Å². The lowest BCUT2D eigenvalue weighted by Crippen LogP contribution is -2.31. The molecule has 0 radical (unpaired) electrons. The van der Waals surface area contributed by atoms with E-state index in [-0.39, 0.29) is 30.0 Å². The summed E-state index contributed by atoms with van der Waals surface area (Å²) < 4.78 is 22.0. The third kappa shape index (κ3) is 2.86. The van der Waals surface area contributed by atoms with Crippen molar-refractivity contribution in [3.05, 3.63) is 92.0 Å². The molecule has 36 heavy (non-hydrogen) atoms. The van der Waals surface area contributed by atoms with Crippen molar-refractivity contribution in [3.8, 4) is 11.4 Å². The number of halogens is 1. The smallest absolute Gasteiger partial charge is 0.313 e. The molecule has 7 rings (SSSR count). The Kier molecular flexibility index (Phi) is 4.44. The van der Waals surface area contributed by atoms with Crippen molar-refractivity contribution in [1.82, 2.24) is 9.55 Å². The highest BCUT2D eigenvalue weighted by Crippen LogP contribution is 2.46. The first-order chi connectivity index (χ1) is 17.4. The maximum Gasteiger partial charge on any atom is 0.313 e. The topological polar surface area (TPSA) is 73.2 Å². The number of rotatable bonds is 2. The van der Waals surface area contributed by atoms with E-state index in [0.717, 1.165) is 40.6 Å². The number of carbonyl (C=O) groups excluding carboxylic acids is 1. The predicted octanol–water partition coefficient (Wildman–Crippen LogP) is 5.13. The molecular formula is C29H24FN3O3. The van der Waals surface area contributed by atoms with E-state index in [4.69, 9.17) is 9.72 Å². The molecule has 0 bridgehead atoms. The number of benzene rings is 2. The number of hydrogen-bond donors (Lipinski definition) is 1. The van der Waals surface area contributed by atoms with E-state index in [0.29, 0.717) is 40.1 Å². The molecule has 0 fully saturated rings. The highest BCUT2D eigenvalue weighted by Gasteiger charge is 2.36. The summed E-state index contributed by atoms with van der Waals surface area (Å²) in [6.45, 7) is 3.97. The zero-order chi connectivity index (χ0) is 24.7. The van der Waals surface area contributed by atoms with Gasteiger partial charge in [0.25, 0.3) is 5.56 Å². The third-order valence-electron chi connectivity index (χ3n) is 8.06. The second-order valence-electron chi connectivity index (χ2n) is 9.99. The van der Waals surface area contributed by atoms with Gasteiger partial charge in [-0.2, -0.15) is 0 Å². The number of cyclic esters (lactones) is 1. The van der Waals surface area contributed by atoms with Gasteiger partial charge in [-0.05, 0) is 67.1 Å². The molecule has 0 saturated heterocycles. The Morgan fingerprint density at radius 3 is 2.72 bits per heavy atom. The fourth-order valence-corrected chi connectivity index (χ4v) is 6.17. The van der Waals surface area contributed by atoms with Gasteiger partial charge < -0.3 is 14.6 Å². The van der Waals surface area contributed by atoms with Crippen LogP contribution in [0, 0.1) is 12.7 Å². The lowest BCUT2D eigenvalue weighted by Gasteiger charge is -2.30. The van der Waals surface area contributed by atoms with E-state index in [1.165, 1.54) is 6.07 Å². The maximum absolute atomic E-state index is 15.0. The number of ether oxygens (including phenoxy) is 1. The number of hydrogen-bond acceptors (Lipinski definition) is 5. The molecular weight excluding hydrogens is 457 g/mol. The normalized spacial score (nSPS) is 19.5. The third-order valence-corrected chi connectivity index (χ3v) is 8.06. The van der Waals surface area contributed by atoms with E-state index in [2.05, 4.69) is 5.32 Å². The van der Waals surface area contributed by atoms with E-state index < -0.39 is 5.92 Å². The number of nitrogens with one attached hydrogen (secondary N) is 1. The highest BCUT2D eigenvalue weighted by molar-refractivity contribution is 5.93. The molecule has 2 aromatic carbocycles. The van der Waals surface area contributed by atoms with Crippen LogP contribution in [0.1, 0.15) is 58.7 Å². The molecule has 2 aliphatic heterocycles. The van der Waals surface area contributed by atoms with Crippen LogP contribution >= 0.6 is 0 Å². The summed E-state index contributed by atoms with van der Waals surface area (Å²) in [7, 11) is 0. The van der Waals surface area contributed by atoms with E-state index in [1.54, 1.807) is 11.5 Å². The zero-order valence-electron chi connectivity index (χ0n) is 20.0. The minimum Gasteiger partial charge on any atom is -0.460 e. The van der Waals surface area contributed by atoms with E-state index >= 15 is 0 Å². The number of pyridine rings is 2. The Morgan fingerprint density at radius 2 is 1.92 bits per heavy atom. The van der Waals surface area contributed by atoms with Crippen molar-refractivity contribution in [2.45, 2.75) is 51.8 Å². The second-order valence-corrected chi connectivity index (χ2v) is 9.99. The summed E-state index contributed by atoms with van der Waals surface area (Å²) in [5, 5.41) is 4.67. The summed E-state index contributed by atoms with van der Waals surface area (Å²) in [5.74, 6) is -1.11. The lowest BCUT2D eigenvalue weighted by molar-refractivity contribution is -0.147. The molecule has 0 amide bonds. The molecule has 4 heterocycles. The molecule has 1 N–H and O–H groups in total. The molecule has 2 aromatic heterocycles. The Bertz CT molecular complexity index is 1680. The van der Waals surface area contributed by atoms with Crippen molar-refractivity contribution in [3.63, 3.8) is 0 Å². The molecule has 0 saturated carbocycles. The van der Waals surface area contributed by atoms with Crippen molar-refractivity contribution in [2.24, 2.45) is 0 Å². The fourth-order valence-electron chi connectivity index (χ4n) is 6.17. The van der Waals surface area contributed by atoms with Gasteiger partial charge in [-0.15, -0.1) is 0 Å². The molecule has 6 nitrogen and oxygen atoms in total. The van der Waals surface area contributed by atoms with Gasteiger partial charge >= 0.3 is 5.97 Å². The maximum atomic E-state index is 15.0. The van der Waals surface area contributed by atoms with E-state index in [1.807, 2.05) is 43.3 Å². The summed E-state index contributed by atoms with van der Waals surface area (Å²) in [4.78, 5) is 30.7. The average molecular weight is 482 g/mol. The van der Waals surface area contributed by atoms with Crippen LogP contribution in [-0.2, 0) is 29.1 Å². The van der Waals surface area contributed by atoms with Gasteiger partial charge in [0.05, 0.1) is 41.0 Å². The SMILES string of the molecule is Cc1c(F)cc2nc3c(c4c2c1CC[C@@H]4Nc1ccccc1)Cn1c-3cc2c(c1=O)COC(=O)[C@H]2C. The zero-order valence-corrected chi connectivity index (χ0v) is 20.0. The first kappa shape index (κ1) is 21.3. The van der Waals surface area contributed by atoms with Crippen molar-refractivity contribution in [1.29, 1.82) is 0 Å². The van der Waals surface area contributed by atoms with Crippen LogP contribution in [0.15, 0.2) is 47.3 Å². The molecule has 7 heteroatoms. The standard InChI is InChI=1S/C29H24FN3O3/c1-14-17-8-9-22(31-16-6-4-3-5-7-16)26-19-12-33-24(27(19)32-23(25(17)26)11-21(14)30)10-18-15(2)29(35)36-13-20(18)28(33)34/h3-7,10-11,15,22,31H,8-9,12-13H2,1-2H3/t15-,22-/m0/s1. The Labute approximate surface area is 206 Å². The van der Waals surface area contributed by atoms with Crippen molar-refractivity contribution < 1.29 is 13.9 Å². The van der Waals surface area contributed by atoms with E-state index in [9.17, 15) is 14.0 Å². The Morgan fingerprint density at radius 1 is 1.11 bits per heavy atom. The number of nitrogens with zero attached hydrogens (tertiary/aromatic N) is 2. The quantitative estimate of drug-likeness (QED) is 0.354. The second kappa shape index (κ2) is 7.50. The Hall–Kier alpha value is -4.00. The minimum atomic E-state index is -0.519. The number of carbonyl (C=O) groups is 1. The number of fused-ring (bicyclic) bond motifs is 5. The van der Waals surface area contributed by atoms with Gasteiger partial charge in [-0.1, -0.05) is 18.2 Å². The van der Waals surface area contributed by atoms with Crippen LogP contribution in [0.3, 0.4) is 0 Å². The largest absolute Gasteiger partial charge is 0.460 e. The molecule has 1 aliphatic carbocycles. The summed E-state index contributed by atoms with van der Waals surface area (Å²) in [6.07, 6.45) is 1.55. The fraction of sp³-hybridized carbons (Fsp3) is 0.276. The number of esters is 1. The van der Waals surface area contributed by atoms with Crippen LogP contribution in [0.4, 0.5) is 10.1 Å². The lowest BCUT2D eigenvalue weighted by atomic mass is 9.81. The first-order valence-corrected chi connectivity index (χ1v) is 12.3. The summed E-state index contributed by atoms with van der Waals surface area (Å²) in [5.41, 5.74) is 7.80. The molecule has 180 valence electrons. The van der Waals surface area contributed by atoms with Gasteiger partial charge in [-0.3, -0.25) is 9.59 Å². The van der Waals surface area contributed by atoms with Gasteiger partial charge in [0.15, 0.2) is 0 Å². The number of anilines is 1. The summed E-state index contributed by atoms with van der Waals surface area (Å²) >= 11 is 0. The number of aryl methyl sites for hydroxylation is 1. The van der Waals surface area contributed by atoms with Crippen molar-refractivity contribution >= 4 is 22.6 Å². The van der Waals surface area contributed by atoms with Gasteiger partial charge in [0.1, 0.15) is 12.4 Å². The van der Waals surface area contributed by atoms with Gasteiger partial charge in [0.2, 0.25) is 0 Å². The average Bonchev–Trinajstić information content (AvgIpc) is 3.25. The first-order valence-electron chi connectivity index (χ1n) is 12.3. The molecule has 0 spiro atoms. The monoisotopic (exact) mass is 481 g/mol. The molecule has 4 aromatic rings. The van der Waals surface area contributed by atoms with Crippen molar-refractivity contribution in [2.75, 3.05) is 5.32 Å². The van der Waals surface area contributed by atoms with Gasteiger partial charge in [-0.25, -0.2) is 9.37 Å². The van der Waals surface area contributed by atoms with Gasteiger partial charge in [0, 0.05) is 22.7 Å². The highest BCUT2D eigenvalue weighted by atomic mass is 19.1. The number of para-hydroxylation sites is 1. The van der Waals surface area contributed by atoms with Crippen LogP contribution in [0.25, 0.3) is 22.3 Å². The molecule has 0 unspecified atom stereocenters. The molecule has 3 aliphatic rings.